The van der Waals surface area contributed by atoms with E-state index in [2.05, 4.69) is 10.3 Å². The number of carbonyl (C=O) groups is 2. The highest BCUT2D eigenvalue weighted by atomic mass is 32.1. The maximum Gasteiger partial charge on any atom is 0.316 e. The summed E-state index contributed by atoms with van der Waals surface area (Å²) in [6.45, 7) is 3.78. The van der Waals surface area contributed by atoms with E-state index in [0.717, 1.165) is 23.4 Å². The van der Waals surface area contributed by atoms with E-state index >= 15 is 0 Å². The third-order valence-electron chi connectivity index (χ3n) is 3.46. The average molecular weight is 301 g/mol. The molecular formula is C15H15N3O2S. The summed E-state index contributed by atoms with van der Waals surface area (Å²) in [5.74, 6) is -1.19. The molecule has 0 saturated heterocycles. The van der Waals surface area contributed by atoms with E-state index in [9.17, 15) is 9.59 Å². The van der Waals surface area contributed by atoms with Crippen molar-refractivity contribution in [2.45, 2.75) is 26.3 Å². The predicted molar refractivity (Wildman–Crippen MR) is 82.6 cm³/mol. The van der Waals surface area contributed by atoms with Gasteiger partial charge in [-0.3, -0.25) is 14.9 Å². The fraction of sp³-hybridized carbons (Fsp3) is 0.267. The molecule has 0 saturated carbocycles. The van der Waals surface area contributed by atoms with Crippen LogP contribution >= 0.6 is 11.3 Å². The van der Waals surface area contributed by atoms with Crippen molar-refractivity contribution in [3.63, 3.8) is 0 Å². The second-order valence-corrected chi connectivity index (χ2v) is 5.96. The van der Waals surface area contributed by atoms with Gasteiger partial charge < -0.3 is 4.90 Å². The number of benzene rings is 1. The molecule has 1 atom stereocenters. The molecule has 0 fully saturated rings. The van der Waals surface area contributed by atoms with Crippen LogP contribution in [0.3, 0.4) is 0 Å². The lowest BCUT2D eigenvalue weighted by Crippen LogP contribution is -2.43. The lowest BCUT2D eigenvalue weighted by Gasteiger charge is -2.21. The minimum atomic E-state index is -0.645. The predicted octanol–water partition coefficient (Wildman–Crippen LogP) is 2.37. The van der Waals surface area contributed by atoms with Gasteiger partial charge in [0.2, 0.25) is 0 Å². The molecule has 1 aliphatic rings. The summed E-state index contributed by atoms with van der Waals surface area (Å²) in [6, 6.07) is 7.66. The molecule has 1 N–H and O–H groups in total. The number of aryl methyl sites for hydroxylation is 1. The first-order valence-corrected chi connectivity index (χ1v) is 7.59. The van der Waals surface area contributed by atoms with Gasteiger partial charge in [0.25, 0.3) is 0 Å². The summed E-state index contributed by atoms with van der Waals surface area (Å²) in [6.07, 6.45) is 0.769. The zero-order chi connectivity index (χ0) is 15.0. The number of fused-ring (bicyclic) bond motifs is 1. The van der Waals surface area contributed by atoms with Crippen LogP contribution in [0.5, 0.6) is 0 Å². The van der Waals surface area contributed by atoms with Crippen molar-refractivity contribution in [1.82, 2.24) is 4.98 Å². The first-order valence-electron chi connectivity index (χ1n) is 6.71. The fourth-order valence-corrected chi connectivity index (χ4v) is 3.23. The largest absolute Gasteiger partial charge is 0.316 e. The lowest BCUT2D eigenvalue weighted by atomic mass is 10.1. The van der Waals surface area contributed by atoms with Crippen LogP contribution in [-0.4, -0.2) is 22.8 Å². The number of nitrogens with zero attached hydrogens (tertiary/aromatic N) is 2. The molecule has 2 aromatic rings. The van der Waals surface area contributed by atoms with E-state index in [-0.39, 0.29) is 6.04 Å². The number of nitrogens with one attached hydrogen (secondary N) is 1. The number of aromatic nitrogens is 1. The molecule has 0 bridgehead atoms. The van der Waals surface area contributed by atoms with Crippen molar-refractivity contribution >= 4 is 34.0 Å². The van der Waals surface area contributed by atoms with Gasteiger partial charge in [-0.15, -0.1) is 11.3 Å². The molecule has 0 radical (unpaired) electrons. The Labute approximate surface area is 126 Å². The standard InChI is InChI=1S/C15H15N3O2S/c1-9-8-21-15(16-9)17-13(19)14(20)18-10(2)7-11-5-3-4-6-12(11)18/h3-6,8,10H,7H2,1-2H3,(H,16,17,19). The summed E-state index contributed by atoms with van der Waals surface area (Å²) >= 11 is 1.31. The number of anilines is 2. The third kappa shape index (κ3) is 2.54. The molecular weight excluding hydrogens is 286 g/mol. The first-order chi connectivity index (χ1) is 10.1. The molecule has 1 unspecified atom stereocenters. The van der Waals surface area contributed by atoms with E-state index in [0.29, 0.717) is 5.13 Å². The number of carbonyl (C=O) groups excluding carboxylic acids is 2. The van der Waals surface area contributed by atoms with Gasteiger partial charge in [0.15, 0.2) is 5.13 Å². The number of amides is 2. The minimum Gasteiger partial charge on any atom is -0.301 e. The fourth-order valence-electron chi connectivity index (χ4n) is 2.55. The number of hydrogen-bond acceptors (Lipinski definition) is 4. The molecule has 0 spiro atoms. The van der Waals surface area contributed by atoms with Gasteiger partial charge in [-0.2, -0.15) is 0 Å². The topological polar surface area (TPSA) is 62.3 Å². The number of para-hydroxylation sites is 1. The number of thiazole rings is 1. The van der Waals surface area contributed by atoms with Crippen LogP contribution in [0.2, 0.25) is 0 Å². The van der Waals surface area contributed by atoms with Gasteiger partial charge in [0.1, 0.15) is 0 Å². The Hall–Kier alpha value is -2.21. The Morgan fingerprint density at radius 3 is 2.86 bits per heavy atom. The number of hydrogen-bond donors (Lipinski definition) is 1. The molecule has 1 aromatic heterocycles. The van der Waals surface area contributed by atoms with Crippen LogP contribution in [0.25, 0.3) is 0 Å². The Balaban J connectivity index is 1.80. The quantitative estimate of drug-likeness (QED) is 0.823. The molecule has 5 nitrogen and oxygen atoms in total. The van der Waals surface area contributed by atoms with Crippen LogP contribution < -0.4 is 10.2 Å². The van der Waals surface area contributed by atoms with Crippen LogP contribution in [0.15, 0.2) is 29.6 Å². The van der Waals surface area contributed by atoms with Crippen molar-refractivity contribution in [2.24, 2.45) is 0 Å². The van der Waals surface area contributed by atoms with Crippen molar-refractivity contribution < 1.29 is 9.59 Å². The monoisotopic (exact) mass is 301 g/mol. The molecule has 2 amide bonds. The van der Waals surface area contributed by atoms with Gasteiger partial charge in [-0.25, -0.2) is 4.98 Å². The minimum absolute atomic E-state index is 0.0151. The number of rotatable bonds is 1. The van der Waals surface area contributed by atoms with Crippen molar-refractivity contribution in [3.05, 3.63) is 40.9 Å². The highest BCUT2D eigenvalue weighted by Gasteiger charge is 2.34. The Bertz CT molecular complexity index is 710. The molecule has 21 heavy (non-hydrogen) atoms. The zero-order valence-electron chi connectivity index (χ0n) is 11.8. The van der Waals surface area contributed by atoms with E-state index in [1.807, 2.05) is 43.5 Å². The SMILES string of the molecule is Cc1csc(NC(=O)C(=O)N2c3ccccc3CC2C)n1. The molecule has 108 valence electrons. The zero-order valence-corrected chi connectivity index (χ0v) is 12.6. The summed E-state index contributed by atoms with van der Waals surface area (Å²) in [5, 5.41) is 4.85. The van der Waals surface area contributed by atoms with Crippen molar-refractivity contribution in [1.29, 1.82) is 0 Å². The Morgan fingerprint density at radius 1 is 1.38 bits per heavy atom. The second-order valence-electron chi connectivity index (χ2n) is 5.11. The smallest absolute Gasteiger partial charge is 0.301 e. The summed E-state index contributed by atoms with van der Waals surface area (Å²) in [7, 11) is 0. The van der Waals surface area contributed by atoms with E-state index in [1.165, 1.54) is 11.3 Å². The van der Waals surface area contributed by atoms with Crippen molar-refractivity contribution in [3.8, 4) is 0 Å². The van der Waals surface area contributed by atoms with Crippen LogP contribution in [0.1, 0.15) is 18.2 Å². The van der Waals surface area contributed by atoms with Crippen LogP contribution in [0, 0.1) is 6.92 Å². The van der Waals surface area contributed by atoms with Crippen molar-refractivity contribution in [2.75, 3.05) is 10.2 Å². The van der Waals surface area contributed by atoms with E-state index < -0.39 is 11.8 Å². The van der Waals surface area contributed by atoms with Gasteiger partial charge in [0.05, 0.1) is 5.69 Å². The molecule has 6 heteroatoms. The highest BCUT2D eigenvalue weighted by molar-refractivity contribution is 7.14. The lowest BCUT2D eigenvalue weighted by molar-refractivity contribution is -0.134. The van der Waals surface area contributed by atoms with Crippen LogP contribution in [0.4, 0.5) is 10.8 Å². The molecule has 0 aliphatic carbocycles. The molecule has 2 heterocycles. The average Bonchev–Trinajstić information content (AvgIpc) is 3.00. The summed E-state index contributed by atoms with van der Waals surface area (Å²) in [5.41, 5.74) is 2.74. The van der Waals surface area contributed by atoms with Gasteiger partial charge in [-0.1, -0.05) is 18.2 Å². The Kier molecular flexibility index (Phi) is 3.47. The van der Waals surface area contributed by atoms with Gasteiger partial charge in [-0.05, 0) is 31.9 Å². The molecule has 3 rings (SSSR count). The second kappa shape index (κ2) is 5.29. The Morgan fingerprint density at radius 2 is 2.14 bits per heavy atom. The van der Waals surface area contributed by atoms with E-state index in [4.69, 9.17) is 0 Å². The van der Waals surface area contributed by atoms with Gasteiger partial charge >= 0.3 is 11.8 Å². The van der Waals surface area contributed by atoms with Gasteiger partial charge in [0, 0.05) is 17.1 Å². The summed E-state index contributed by atoms with van der Waals surface area (Å²) < 4.78 is 0. The first kappa shape index (κ1) is 13.8. The maximum absolute atomic E-state index is 12.4. The third-order valence-corrected chi connectivity index (χ3v) is 4.34. The molecule has 1 aliphatic heterocycles. The molecule has 1 aromatic carbocycles. The van der Waals surface area contributed by atoms with Crippen LogP contribution in [-0.2, 0) is 16.0 Å². The summed E-state index contributed by atoms with van der Waals surface area (Å²) in [4.78, 5) is 30.2. The maximum atomic E-state index is 12.4. The highest BCUT2D eigenvalue weighted by Crippen LogP contribution is 2.31. The normalized spacial score (nSPS) is 16.7. The van der Waals surface area contributed by atoms with E-state index in [1.54, 1.807) is 4.90 Å².